The molecule has 0 spiro atoms. The second-order valence-electron chi connectivity index (χ2n) is 8.12. The Kier molecular flexibility index (Phi) is 9.02. The van der Waals surface area contributed by atoms with Gasteiger partial charge in [0.25, 0.3) is 0 Å². The molecule has 0 bridgehead atoms. The summed E-state index contributed by atoms with van der Waals surface area (Å²) in [7, 11) is 0. The molecule has 2 aromatic carbocycles. The number of hydrogen-bond donors (Lipinski definition) is 1. The maximum atomic E-state index is 12.1. The van der Waals surface area contributed by atoms with Crippen molar-refractivity contribution in [3.8, 4) is 11.5 Å². The zero-order valence-electron chi connectivity index (χ0n) is 17.9. The smallest absolute Gasteiger partial charge is 0.224 e. The van der Waals surface area contributed by atoms with E-state index in [1.54, 1.807) is 0 Å². The minimum Gasteiger partial charge on any atom is -0.494 e. The quantitative estimate of drug-likeness (QED) is 0.399. The van der Waals surface area contributed by atoms with Crippen LogP contribution in [-0.2, 0) is 10.2 Å². The van der Waals surface area contributed by atoms with Crippen LogP contribution in [0.3, 0.4) is 0 Å². The minimum atomic E-state index is -0.0182. The van der Waals surface area contributed by atoms with Crippen LogP contribution in [-0.4, -0.2) is 19.1 Å². The minimum absolute atomic E-state index is 0.0182. The van der Waals surface area contributed by atoms with Crippen molar-refractivity contribution in [1.82, 2.24) is 0 Å². The molecule has 0 radical (unpaired) electrons. The molecule has 0 aromatic heterocycles. The Labute approximate surface area is 183 Å². The second kappa shape index (κ2) is 11.2. The summed E-state index contributed by atoms with van der Waals surface area (Å²) in [5.74, 6) is 1.61. The third kappa shape index (κ3) is 8.09. The Hall–Kier alpha value is -2.01. The molecular formula is C24H32BrNO3. The fourth-order valence-corrected chi connectivity index (χ4v) is 3.18. The predicted octanol–water partition coefficient (Wildman–Crippen LogP) is 6.72. The molecule has 0 aliphatic heterocycles. The van der Waals surface area contributed by atoms with Gasteiger partial charge in [-0.2, -0.15) is 0 Å². The van der Waals surface area contributed by atoms with Crippen LogP contribution in [0.1, 0.15) is 58.9 Å². The molecule has 1 amide bonds. The van der Waals surface area contributed by atoms with Crippen molar-refractivity contribution in [2.24, 2.45) is 0 Å². The SMILES string of the molecule is CCCCOc1ccc(NC(=O)CCCOc2ccc(C(C)(C)C)cc2Br)cc1. The number of unbranched alkanes of at least 4 members (excludes halogenated alkanes) is 1. The maximum absolute atomic E-state index is 12.1. The number of ether oxygens (including phenoxy) is 2. The van der Waals surface area contributed by atoms with Gasteiger partial charge in [0.1, 0.15) is 11.5 Å². The summed E-state index contributed by atoms with van der Waals surface area (Å²) in [5.41, 5.74) is 2.12. The first-order valence-electron chi connectivity index (χ1n) is 10.2. The number of carbonyl (C=O) groups is 1. The Balaban J connectivity index is 1.72. The Morgan fingerprint density at radius 3 is 2.31 bits per heavy atom. The summed E-state index contributed by atoms with van der Waals surface area (Å²) in [6, 6.07) is 13.7. The first-order chi connectivity index (χ1) is 13.8. The van der Waals surface area contributed by atoms with E-state index in [-0.39, 0.29) is 11.3 Å². The van der Waals surface area contributed by atoms with Crippen molar-refractivity contribution in [3.05, 3.63) is 52.5 Å². The lowest BCUT2D eigenvalue weighted by Crippen LogP contribution is -2.13. The van der Waals surface area contributed by atoms with Crippen molar-refractivity contribution < 1.29 is 14.3 Å². The molecule has 0 saturated carbocycles. The number of halogens is 1. The summed E-state index contributed by atoms with van der Waals surface area (Å²) < 4.78 is 12.4. The predicted molar refractivity (Wildman–Crippen MR) is 123 cm³/mol. The monoisotopic (exact) mass is 461 g/mol. The number of amides is 1. The highest BCUT2D eigenvalue weighted by molar-refractivity contribution is 9.10. The number of anilines is 1. The topological polar surface area (TPSA) is 47.6 Å². The van der Waals surface area contributed by atoms with Crippen molar-refractivity contribution in [3.63, 3.8) is 0 Å². The van der Waals surface area contributed by atoms with Gasteiger partial charge >= 0.3 is 0 Å². The average molecular weight is 462 g/mol. The highest BCUT2D eigenvalue weighted by Gasteiger charge is 2.15. The van der Waals surface area contributed by atoms with Gasteiger partial charge in [-0.25, -0.2) is 0 Å². The van der Waals surface area contributed by atoms with Gasteiger partial charge in [-0.05, 0) is 76.1 Å². The number of nitrogens with one attached hydrogen (secondary N) is 1. The van der Waals surface area contributed by atoms with E-state index in [4.69, 9.17) is 9.47 Å². The van der Waals surface area contributed by atoms with Gasteiger partial charge in [0, 0.05) is 12.1 Å². The molecule has 0 aliphatic rings. The van der Waals surface area contributed by atoms with Crippen LogP contribution in [0, 0.1) is 0 Å². The zero-order valence-corrected chi connectivity index (χ0v) is 19.5. The van der Waals surface area contributed by atoms with Crippen LogP contribution in [0.15, 0.2) is 46.9 Å². The van der Waals surface area contributed by atoms with Crippen LogP contribution in [0.2, 0.25) is 0 Å². The highest BCUT2D eigenvalue weighted by Crippen LogP contribution is 2.31. The summed E-state index contributed by atoms with van der Waals surface area (Å²) >= 11 is 3.58. The van der Waals surface area contributed by atoms with Crippen LogP contribution in [0.25, 0.3) is 0 Å². The van der Waals surface area contributed by atoms with Gasteiger partial charge < -0.3 is 14.8 Å². The van der Waals surface area contributed by atoms with Crippen LogP contribution in [0.4, 0.5) is 5.69 Å². The average Bonchev–Trinajstić information content (AvgIpc) is 2.67. The number of hydrogen-bond acceptors (Lipinski definition) is 3. The molecule has 2 aromatic rings. The van der Waals surface area contributed by atoms with E-state index in [1.807, 2.05) is 30.3 Å². The Bertz CT molecular complexity index is 782. The molecule has 0 aliphatic carbocycles. The lowest BCUT2D eigenvalue weighted by molar-refractivity contribution is -0.116. The van der Waals surface area contributed by atoms with Gasteiger partial charge in [0.15, 0.2) is 0 Å². The standard InChI is InChI=1S/C24H32BrNO3/c1-5-6-15-28-20-12-10-19(11-13-20)26-23(27)8-7-16-29-22-14-9-18(17-21(22)25)24(2,3)4/h9-14,17H,5-8,15-16H2,1-4H3,(H,26,27). The van der Waals surface area contributed by atoms with E-state index >= 15 is 0 Å². The molecule has 0 atom stereocenters. The third-order valence-corrected chi connectivity index (χ3v) is 5.13. The van der Waals surface area contributed by atoms with E-state index in [9.17, 15) is 4.79 Å². The highest BCUT2D eigenvalue weighted by atomic mass is 79.9. The molecule has 0 heterocycles. The molecule has 1 N–H and O–H groups in total. The molecule has 158 valence electrons. The van der Waals surface area contributed by atoms with Crippen LogP contribution < -0.4 is 14.8 Å². The van der Waals surface area contributed by atoms with Gasteiger partial charge in [0.2, 0.25) is 5.91 Å². The van der Waals surface area contributed by atoms with Crippen molar-refractivity contribution >= 4 is 27.5 Å². The second-order valence-corrected chi connectivity index (χ2v) is 8.98. The van der Waals surface area contributed by atoms with E-state index in [1.165, 1.54) is 5.56 Å². The fraction of sp³-hybridized carbons (Fsp3) is 0.458. The van der Waals surface area contributed by atoms with Crippen molar-refractivity contribution in [2.75, 3.05) is 18.5 Å². The van der Waals surface area contributed by atoms with E-state index < -0.39 is 0 Å². The first-order valence-corrected chi connectivity index (χ1v) is 11.0. The van der Waals surface area contributed by atoms with Gasteiger partial charge in [0.05, 0.1) is 17.7 Å². The Morgan fingerprint density at radius 2 is 1.69 bits per heavy atom. The van der Waals surface area contributed by atoms with Crippen molar-refractivity contribution in [1.29, 1.82) is 0 Å². The lowest BCUT2D eigenvalue weighted by atomic mass is 9.87. The summed E-state index contributed by atoms with van der Waals surface area (Å²) in [6.45, 7) is 9.89. The number of benzene rings is 2. The van der Waals surface area contributed by atoms with Gasteiger partial charge in [-0.15, -0.1) is 0 Å². The Morgan fingerprint density at radius 1 is 1.00 bits per heavy atom. The molecule has 0 unspecified atom stereocenters. The first kappa shape index (κ1) is 23.3. The lowest BCUT2D eigenvalue weighted by Gasteiger charge is -2.20. The molecule has 0 fully saturated rings. The third-order valence-electron chi connectivity index (χ3n) is 4.51. The van der Waals surface area contributed by atoms with E-state index in [0.717, 1.165) is 41.1 Å². The summed E-state index contributed by atoms with van der Waals surface area (Å²) in [6.07, 6.45) is 3.21. The van der Waals surface area contributed by atoms with Gasteiger partial charge in [-0.1, -0.05) is 40.2 Å². The molecule has 2 rings (SSSR count). The van der Waals surface area contributed by atoms with E-state index in [0.29, 0.717) is 19.4 Å². The largest absolute Gasteiger partial charge is 0.494 e. The molecule has 29 heavy (non-hydrogen) atoms. The molecule has 5 heteroatoms. The molecular weight excluding hydrogens is 430 g/mol. The zero-order chi connectivity index (χ0) is 21.3. The fourth-order valence-electron chi connectivity index (χ4n) is 2.69. The summed E-state index contributed by atoms with van der Waals surface area (Å²) in [5, 5.41) is 2.91. The number of rotatable bonds is 10. The molecule has 0 saturated heterocycles. The van der Waals surface area contributed by atoms with Crippen molar-refractivity contribution in [2.45, 2.75) is 58.8 Å². The normalized spacial score (nSPS) is 11.2. The summed E-state index contributed by atoms with van der Waals surface area (Å²) in [4.78, 5) is 12.1. The molecule has 4 nitrogen and oxygen atoms in total. The number of carbonyl (C=O) groups excluding carboxylic acids is 1. The van der Waals surface area contributed by atoms with E-state index in [2.05, 4.69) is 61.1 Å². The van der Waals surface area contributed by atoms with Gasteiger partial charge in [-0.3, -0.25) is 4.79 Å². The van der Waals surface area contributed by atoms with Crippen LogP contribution >= 0.6 is 15.9 Å². The maximum Gasteiger partial charge on any atom is 0.224 e. The van der Waals surface area contributed by atoms with Crippen LogP contribution in [0.5, 0.6) is 11.5 Å².